The smallest absolute Gasteiger partial charge is 0.326 e. The van der Waals surface area contributed by atoms with E-state index >= 15 is 0 Å². The molecule has 4 amide bonds. The minimum absolute atomic E-state index is 0.0286. The van der Waals surface area contributed by atoms with Crippen molar-refractivity contribution in [1.82, 2.24) is 16.0 Å². The lowest BCUT2D eigenvalue weighted by molar-refractivity contribution is -0.143. The summed E-state index contributed by atoms with van der Waals surface area (Å²) in [5, 5.41) is 16.9. The number of carboxylic acids is 1. The van der Waals surface area contributed by atoms with Crippen LogP contribution in [0.3, 0.4) is 0 Å². The molecular weight excluding hydrogens is 462 g/mol. The average Bonchev–Trinajstić information content (AvgIpc) is 2.78. The number of aliphatic carboxylic acids is 1. The summed E-state index contributed by atoms with van der Waals surface area (Å²) < 4.78 is 0. The van der Waals surface area contributed by atoms with Gasteiger partial charge in [-0.25, -0.2) is 4.79 Å². The van der Waals surface area contributed by atoms with Crippen LogP contribution in [0.4, 0.5) is 0 Å². The van der Waals surface area contributed by atoms with E-state index in [-0.39, 0.29) is 25.0 Å². The summed E-state index contributed by atoms with van der Waals surface area (Å²) in [5.74, 6) is -4.36. The number of benzene rings is 1. The number of thiol groups is 1. The van der Waals surface area contributed by atoms with Crippen LogP contribution in [0, 0.1) is 5.92 Å². The Bertz CT molecular complexity index is 867. The van der Waals surface area contributed by atoms with Gasteiger partial charge in [0.25, 0.3) is 0 Å². The van der Waals surface area contributed by atoms with Crippen LogP contribution in [0.1, 0.15) is 32.3 Å². The summed E-state index contributed by atoms with van der Waals surface area (Å²) in [6.45, 7) is 3.29. The quantitative estimate of drug-likeness (QED) is 0.160. The summed E-state index contributed by atoms with van der Waals surface area (Å²) in [6.07, 6.45) is -0.246. The fourth-order valence-corrected chi connectivity index (χ4v) is 3.18. The Balaban J connectivity index is 3.13. The van der Waals surface area contributed by atoms with E-state index in [1.165, 1.54) is 0 Å². The van der Waals surface area contributed by atoms with Crippen molar-refractivity contribution < 1.29 is 29.1 Å². The number of hydrogen-bond acceptors (Lipinski definition) is 7. The van der Waals surface area contributed by atoms with Gasteiger partial charge >= 0.3 is 5.97 Å². The van der Waals surface area contributed by atoms with Crippen molar-refractivity contribution in [3.63, 3.8) is 0 Å². The summed E-state index contributed by atoms with van der Waals surface area (Å²) >= 11 is 3.96. The number of amides is 4. The van der Waals surface area contributed by atoms with Gasteiger partial charge in [0.1, 0.15) is 18.1 Å². The molecule has 12 heteroatoms. The van der Waals surface area contributed by atoms with Crippen molar-refractivity contribution in [3.8, 4) is 0 Å². The van der Waals surface area contributed by atoms with Crippen molar-refractivity contribution in [1.29, 1.82) is 0 Å². The Morgan fingerprint density at radius 1 is 0.941 bits per heavy atom. The van der Waals surface area contributed by atoms with Gasteiger partial charge in [-0.3, -0.25) is 19.2 Å². The molecule has 4 unspecified atom stereocenters. The first-order chi connectivity index (χ1) is 16.0. The number of rotatable bonds is 14. The zero-order valence-electron chi connectivity index (χ0n) is 19.2. The lowest BCUT2D eigenvalue weighted by Crippen LogP contribution is -2.58. The number of hydrogen-bond donors (Lipinski definition) is 7. The molecule has 0 saturated heterocycles. The van der Waals surface area contributed by atoms with Crippen LogP contribution in [0.5, 0.6) is 0 Å². The van der Waals surface area contributed by atoms with Crippen molar-refractivity contribution in [2.24, 2.45) is 17.4 Å². The van der Waals surface area contributed by atoms with Gasteiger partial charge in [0, 0.05) is 18.6 Å². The molecule has 0 saturated carbocycles. The normalized spacial score (nSPS) is 14.4. The molecule has 11 nitrogen and oxygen atoms in total. The van der Waals surface area contributed by atoms with E-state index in [9.17, 15) is 29.1 Å². The lowest BCUT2D eigenvalue weighted by atomic mass is 10.0. The van der Waals surface area contributed by atoms with E-state index in [2.05, 4.69) is 28.6 Å². The van der Waals surface area contributed by atoms with Gasteiger partial charge in [0.05, 0.1) is 6.04 Å². The number of carbonyl (C=O) groups excluding carboxylic acids is 4. The van der Waals surface area contributed by atoms with Gasteiger partial charge in [0.2, 0.25) is 23.6 Å². The maximum absolute atomic E-state index is 13.0. The second-order valence-corrected chi connectivity index (χ2v) is 8.54. The average molecular weight is 496 g/mol. The van der Waals surface area contributed by atoms with Crippen LogP contribution in [0.2, 0.25) is 0 Å². The van der Waals surface area contributed by atoms with E-state index < -0.39 is 59.7 Å². The van der Waals surface area contributed by atoms with Crippen molar-refractivity contribution in [3.05, 3.63) is 35.9 Å². The van der Waals surface area contributed by atoms with Gasteiger partial charge in [0.15, 0.2) is 0 Å². The Kier molecular flexibility index (Phi) is 12.1. The highest BCUT2D eigenvalue weighted by atomic mass is 32.1. The molecule has 4 atom stereocenters. The highest BCUT2D eigenvalue weighted by Crippen LogP contribution is 2.08. The molecule has 1 aromatic rings. The molecule has 0 fully saturated rings. The Morgan fingerprint density at radius 2 is 1.50 bits per heavy atom. The molecule has 0 aliphatic carbocycles. The Labute approximate surface area is 203 Å². The third-order valence-electron chi connectivity index (χ3n) is 4.99. The van der Waals surface area contributed by atoms with E-state index in [1.54, 1.807) is 44.2 Å². The van der Waals surface area contributed by atoms with E-state index in [1.807, 2.05) is 0 Å². The van der Waals surface area contributed by atoms with E-state index in [4.69, 9.17) is 11.5 Å². The zero-order chi connectivity index (χ0) is 25.8. The molecule has 1 rings (SSSR count). The summed E-state index contributed by atoms with van der Waals surface area (Å²) in [7, 11) is 0. The third-order valence-corrected chi connectivity index (χ3v) is 5.39. The third kappa shape index (κ3) is 9.79. The fourth-order valence-electron chi connectivity index (χ4n) is 3.02. The zero-order valence-corrected chi connectivity index (χ0v) is 20.1. The first-order valence-corrected chi connectivity index (χ1v) is 11.4. The molecule has 0 spiro atoms. The number of carboxylic acid groups (broad SMARTS) is 1. The van der Waals surface area contributed by atoms with Crippen LogP contribution in [0.15, 0.2) is 30.3 Å². The van der Waals surface area contributed by atoms with Crippen molar-refractivity contribution in [2.45, 2.75) is 57.3 Å². The van der Waals surface area contributed by atoms with E-state index in [0.717, 1.165) is 0 Å². The Hall–Kier alpha value is -3.12. The van der Waals surface area contributed by atoms with Crippen LogP contribution in [-0.2, 0) is 30.4 Å². The maximum atomic E-state index is 13.0. The van der Waals surface area contributed by atoms with Crippen LogP contribution in [0.25, 0.3) is 0 Å². The molecule has 0 aromatic heterocycles. The SMILES string of the molecule is CC(C)C(NC(=O)C(Cc1ccccc1)NC(=O)C(CCC(N)=O)NC(=O)C(N)CS)C(=O)O. The summed E-state index contributed by atoms with van der Waals surface area (Å²) in [6, 6.07) is 4.31. The topological polar surface area (TPSA) is 194 Å². The summed E-state index contributed by atoms with van der Waals surface area (Å²) in [5.41, 5.74) is 11.6. The maximum Gasteiger partial charge on any atom is 0.326 e. The monoisotopic (exact) mass is 495 g/mol. The molecular formula is C22H33N5O6S. The first-order valence-electron chi connectivity index (χ1n) is 10.8. The Morgan fingerprint density at radius 3 is 2.00 bits per heavy atom. The number of primary amides is 1. The van der Waals surface area contributed by atoms with E-state index in [0.29, 0.717) is 5.56 Å². The molecule has 0 radical (unpaired) electrons. The van der Waals surface area contributed by atoms with Gasteiger partial charge in [-0.2, -0.15) is 12.6 Å². The second kappa shape index (κ2) is 14.2. The molecule has 0 bridgehead atoms. The first kappa shape index (κ1) is 28.9. The molecule has 0 aliphatic heterocycles. The molecule has 8 N–H and O–H groups in total. The highest BCUT2D eigenvalue weighted by molar-refractivity contribution is 7.80. The van der Waals surface area contributed by atoms with Crippen LogP contribution in [-0.4, -0.2) is 64.6 Å². The predicted octanol–water partition coefficient (Wildman–Crippen LogP) is -1.05. The molecule has 34 heavy (non-hydrogen) atoms. The minimum atomic E-state index is -1.21. The van der Waals surface area contributed by atoms with Gasteiger partial charge in [-0.05, 0) is 17.9 Å². The molecule has 1 aromatic carbocycles. The van der Waals surface area contributed by atoms with Crippen molar-refractivity contribution >= 4 is 42.2 Å². The fraction of sp³-hybridized carbons (Fsp3) is 0.500. The number of nitrogens with two attached hydrogens (primary N) is 2. The second-order valence-electron chi connectivity index (χ2n) is 8.17. The molecule has 0 heterocycles. The van der Waals surface area contributed by atoms with Crippen LogP contribution < -0.4 is 27.4 Å². The van der Waals surface area contributed by atoms with Gasteiger partial charge in [-0.1, -0.05) is 44.2 Å². The largest absolute Gasteiger partial charge is 0.480 e. The van der Waals surface area contributed by atoms with Gasteiger partial charge in [-0.15, -0.1) is 0 Å². The highest BCUT2D eigenvalue weighted by Gasteiger charge is 2.31. The molecule has 0 aliphatic rings. The van der Waals surface area contributed by atoms with Crippen molar-refractivity contribution in [2.75, 3.05) is 5.75 Å². The lowest BCUT2D eigenvalue weighted by Gasteiger charge is -2.26. The van der Waals surface area contributed by atoms with Gasteiger partial charge < -0.3 is 32.5 Å². The minimum Gasteiger partial charge on any atom is -0.480 e. The number of nitrogens with one attached hydrogen (secondary N) is 3. The number of carbonyl (C=O) groups is 5. The van der Waals surface area contributed by atoms with Crippen LogP contribution >= 0.6 is 12.6 Å². The summed E-state index contributed by atoms with van der Waals surface area (Å²) in [4.78, 5) is 61.0. The molecule has 188 valence electrons. The predicted molar refractivity (Wildman–Crippen MR) is 129 cm³/mol. The standard InChI is InChI=1S/C22H33N5O6S/c1-12(2)18(22(32)33)27-21(31)16(10-13-6-4-3-5-7-13)26-20(30)15(8-9-17(24)28)25-19(29)14(23)11-34/h3-7,12,14-16,18,34H,8-11,23H2,1-2H3,(H2,24,28)(H,25,29)(H,26,30)(H,27,31)(H,32,33).